The summed E-state index contributed by atoms with van der Waals surface area (Å²) in [7, 11) is 3.05. The quantitative estimate of drug-likeness (QED) is 0.438. The molecule has 0 bridgehead atoms. The highest BCUT2D eigenvalue weighted by molar-refractivity contribution is 7.10. The molecule has 3 aromatic rings. The highest BCUT2D eigenvalue weighted by atomic mass is 32.1. The van der Waals surface area contributed by atoms with Gasteiger partial charge >= 0.3 is 0 Å². The van der Waals surface area contributed by atoms with Crippen molar-refractivity contribution in [1.82, 2.24) is 5.32 Å². The molecular weight excluding hydrogens is 467 g/mol. The summed E-state index contributed by atoms with van der Waals surface area (Å²) in [4.78, 5) is 29.9. The number of carbonyl (C=O) groups excluding carboxylic acids is 2. The second-order valence-corrected chi connectivity index (χ2v) is 9.54. The van der Waals surface area contributed by atoms with Crippen LogP contribution in [0, 0.1) is 5.82 Å². The lowest BCUT2D eigenvalue weighted by atomic mass is 10.0. The Balaban J connectivity index is 1.80. The molecule has 1 atom stereocenters. The Morgan fingerprint density at radius 1 is 1.06 bits per heavy atom. The Labute approximate surface area is 208 Å². The van der Waals surface area contributed by atoms with Crippen LogP contribution in [0.4, 0.5) is 10.1 Å². The fourth-order valence-corrected chi connectivity index (χ4v) is 5.17. The molecule has 0 aliphatic heterocycles. The summed E-state index contributed by atoms with van der Waals surface area (Å²) in [6, 6.07) is 13.7. The summed E-state index contributed by atoms with van der Waals surface area (Å²) in [6.07, 6.45) is 4.05. The molecule has 2 aromatic carbocycles. The van der Waals surface area contributed by atoms with Gasteiger partial charge in [-0.05, 0) is 54.1 Å². The third-order valence-electron chi connectivity index (χ3n) is 6.21. The molecule has 4 rings (SSSR count). The molecule has 0 saturated heterocycles. The van der Waals surface area contributed by atoms with Crippen LogP contribution in [0.15, 0.2) is 60.0 Å². The molecule has 1 aliphatic rings. The maximum atomic E-state index is 13.8. The van der Waals surface area contributed by atoms with Gasteiger partial charge in [-0.3, -0.25) is 14.5 Å². The van der Waals surface area contributed by atoms with Gasteiger partial charge in [0, 0.05) is 22.7 Å². The van der Waals surface area contributed by atoms with Crippen LogP contribution in [-0.4, -0.2) is 32.1 Å². The zero-order valence-corrected chi connectivity index (χ0v) is 20.6. The summed E-state index contributed by atoms with van der Waals surface area (Å²) in [5.74, 6) is -0.0108. The number of anilines is 1. The molecule has 0 spiro atoms. The van der Waals surface area contributed by atoms with Crippen molar-refractivity contribution in [2.45, 2.75) is 44.2 Å². The minimum Gasteiger partial charge on any atom is -0.493 e. The standard InChI is InChI=1S/C27H29FN2O4S/c1-33-23-14-13-21(16-24(23)34-2)30(25(31)17-22-8-5-15-35-22)26(18-9-11-19(28)12-10-18)27(32)29-20-6-3-4-7-20/h5,8-16,20,26H,3-4,6-7,17H2,1-2H3,(H,29,32). The van der Waals surface area contributed by atoms with E-state index in [0.29, 0.717) is 22.7 Å². The van der Waals surface area contributed by atoms with Crippen LogP contribution in [0.1, 0.15) is 42.2 Å². The van der Waals surface area contributed by atoms with Crippen LogP contribution in [0.2, 0.25) is 0 Å². The lowest BCUT2D eigenvalue weighted by Crippen LogP contribution is -2.46. The van der Waals surface area contributed by atoms with Crippen LogP contribution in [0.5, 0.6) is 11.5 Å². The lowest BCUT2D eigenvalue weighted by molar-refractivity contribution is -0.127. The summed E-state index contributed by atoms with van der Waals surface area (Å²) < 4.78 is 24.6. The average Bonchev–Trinajstić information content (AvgIpc) is 3.57. The highest BCUT2D eigenvalue weighted by Crippen LogP contribution is 2.36. The number of benzene rings is 2. The molecule has 184 valence electrons. The summed E-state index contributed by atoms with van der Waals surface area (Å²) in [5.41, 5.74) is 1.01. The van der Waals surface area contributed by atoms with E-state index in [9.17, 15) is 14.0 Å². The molecule has 1 aromatic heterocycles. The number of rotatable bonds is 9. The van der Waals surface area contributed by atoms with Crippen molar-refractivity contribution in [3.63, 3.8) is 0 Å². The van der Waals surface area contributed by atoms with Crippen molar-refractivity contribution >= 4 is 28.8 Å². The molecular formula is C27H29FN2O4S. The number of methoxy groups -OCH3 is 2. The molecule has 1 N–H and O–H groups in total. The Morgan fingerprint density at radius 2 is 1.77 bits per heavy atom. The smallest absolute Gasteiger partial charge is 0.248 e. The first-order valence-corrected chi connectivity index (χ1v) is 12.5. The van der Waals surface area contributed by atoms with E-state index < -0.39 is 11.9 Å². The van der Waals surface area contributed by atoms with Gasteiger partial charge in [-0.25, -0.2) is 4.39 Å². The zero-order valence-electron chi connectivity index (χ0n) is 19.8. The van der Waals surface area contributed by atoms with E-state index >= 15 is 0 Å². The number of ether oxygens (including phenoxy) is 2. The van der Waals surface area contributed by atoms with Crippen molar-refractivity contribution in [3.8, 4) is 11.5 Å². The monoisotopic (exact) mass is 496 g/mol. The zero-order chi connectivity index (χ0) is 24.8. The van der Waals surface area contributed by atoms with Gasteiger partial charge in [-0.2, -0.15) is 0 Å². The van der Waals surface area contributed by atoms with Crippen LogP contribution < -0.4 is 19.7 Å². The summed E-state index contributed by atoms with van der Waals surface area (Å²) >= 11 is 1.48. The summed E-state index contributed by atoms with van der Waals surface area (Å²) in [6.45, 7) is 0. The van der Waals surface area contributed by atoms with Crippen molar-refractivity contribution in [2.24, 2.45) is 0 Å². The molecule has 8 heteroatoms. The van der Waals surface area contributed by atoms with Crippen LogP contribution in [0.3, 0.4) is 0 Å². The number of amides is 2. The highest BCUT2D eigenvalue weighted by Gasteiger charge is 2.35. The first-order valence-electron chi connectivity index (χ1n) is 11.6. The van der Waals surface area contributed by atoms with E-state index in [1.54, 1.807) is 30.3 Å². The van der Waals surface area contributed by atoms with Gasteiger partial charge in [0.05, 0.1) is 20.6 Å². The number of halogens is 1. The topological polar surface area (TPSA) is 67.9 Å². The Bertz CT molecular complexity index is 1140. The molecule has 1 saturated carbocycles. The lowest BCUT2D eigenvalue weighted by Gasteiger charge is -2.32. The van der Waals surface area contributed by atoms with Gasteiger partial charge in [-0.15, -0.1) is 11.3 Å². The van der Waals surface area contributed by atoms with Gasteiger partial charge in [0.1, 0.15) is 11.9 Å². The molecule has 1 aliphatic carbocycles. The minimum absolute atomic E-state index is 0.0603. The number of thiophene rings is 1. The molecule has 35 heavy (non-hydrogen) atoms. The number of carbonyl (C=O) groups is 2. The number of nitrogens with zero attached hydrogens (tertiary/aromatic N) is 1. The third kappa shape index (κ3) is 5.82. The third-order valence-corrected chi connectivity index (χ3v) is 7.09. The number of nitrogens with one attached hydrogen (secondary N) is 1. The Hall–Kier alpha value is -3.39. The molecule has 1 unspecified atom stereocenters. The van der Waals surface area contributed by atoms with Gasteiger partial charge in [0.15, 0.2) is 11.5 Å². The van der Waals surface area contributed by atoms with E-state index in [2.05, 4.69) is 5.32 Å². The first kappa shape index (κ1) is 24.7. The molecule has 0 radical (unpaired) electrons. The van der Waals surface area contributed by atoms with E-state index in [1.165, 1.54) is 42.6 Å². The normalized spacial score (nSPS) is 14.4. The fourth-order valence-electron chi connectivity index (χ4n) is 4.47. The van der Waals surface area contributed by atoms with E-state index in [-0.39, 0.29) is 24.3 Å². The van der Waals surface area contributed by atoms with Crippen molar-refractivity contribution in [1.29, 1.82) is 0 Å². The summed E-state index contributed by atoms with van der Waals surface area (Å²) in [5, 5.41) is 5.04. The second kappa shape index (κ2) is 11.4. The Kier molecular flexibility index (Phi) is 8.02. The molecule has 1 fully saturated rings. The van der Waals surface area contributed by atoms with Gasteiger partial charge < -0.3 is 14.8 Å². The molecule has 1 heterocycles. The minimum atomic E-state index is -0.984. The predicted octanol–water partition coefficient (Wildman–Crippen LogP) is 5.28. The van der Waals surface area contributed by atoms with Crippen LogP contribution in [-0.2, 0) is 16.0 Å². The van der Waals surface area contributed by atoms with Crippen molar-refractivity contribution < 1.29 is 23.5 Å². The van der Waals surface area contributed by atoms with Gasteiger partial charge in [-0.1, -0.05) is 31.0 Å². The molecule has 2 amide bonds. The van der Waals surface area contributed by atoms with E-state index in [4.69, 9.17) is 9.47 Å². The van der Waals surface area contributed by atoms with Gasteiger partial charge in [0.2, 0.25) is 11.8 Å². The van der Waals surface area contributed by atoms with Crippen LogP contribution >= 0.6 is 11.3 Å². The van der Waals surface area contributed by atoms with Crippen molar-refractivity contribution in [3.05, 3.63) is 76.2 Å². The molecule has 6 nitrogen and oxygen atoms in total. The van der Waals surface area contributed by atoms with Crippen molar-refractivity contribution in [2.75, 3.05) is 19.1 Å². The number of hydrogen-bond acceptors (Lipinski definition) is 5. The van der Waals surface area contributed by atoms with Crippen LogP contribution in [0.25, 0.3) is 0 Å². The Morgan fingerprint density at radius 3 is 2.40 bits per heavy atom. The maximum absolute atomic E-state index is 13.8. The van der Waals surface area contributed by atoms with E-state index in [0.717, 1.165) is 30.6 Å². The van der Waals surface area contributed by atoms with Gasteiger partial charge in [0.25, 0.3) is 0 Å². The number of hydrogen-bond donors (Lipinski definition) is 1. The predicted molar refractivity (Wildman–Crippen MR) is 135 cm³/mol. The fraction of sp³-hybridized carbons (Fsp3) is 0.333. The second-order valence-electron chi connectivity index (χ2n) is 8.50. The largest absolute Gasteiger partial charge is 0.493 e. The SMILES string of the molecule is COc1ccc(N(C(=O)Cc2cccs2)C(C(=O)NC2CCCC2)c2ccc(F)cc2)cc1OC. The first-order chi connectivity index (χ1) is 17.0. The van der Waals surface area contributed by atoms with E-state index in [1.807, 2.05) is 17.5 Å². The maximum Gasteiger partial charge on any atom is 0.248 e. The average molecular weight is 497 g/mol.